The van der Waals surface area contributed by atoms with Gasteiger partial charge in [-0.1, -0.05) is 17.7 Å². The fraction of sp³-hybridized carbons (Fsp3) is 0.364. The molecule has 33 heavy (non-hydrogen) atoms. The summed E-state index contributed by atoms with van der Waals surface area (Å²) in [6.07, 6.45) is 1.13. The quantitative estimate of drug-likeness (QED) is 0.673. The largest absolute Gasteiger partial charge is 0.435 e. The van der Waals surface area contributed by atoms with Crippen LogP contribution < -0.4 is 11.1 Å². The number of nitrogens with zero attached hydrogens (tertiary/aromatic N) is 3. The summed E-state index contributed by atoms with van der Waals surface area (Å²) in [6, 6.07) is 4.37. The van der Waals surface area contributed by atoms with E-state index in [1.165, 1.54) is 29.1 Å². The summed E-state index contributed by atoms with van der Waals surface area (Å²) in [7, 11) is 0. The van der Waals surface area contributed by atoms with Gasteiger partial charge in [-0.15, -0.1) is 0 Å². The molecule has 0 saturated heterocycles. The van der Waals surface area contributed by atoms with Crippen LogP contribution in [0.3, 0.4) is 0 Å². The molecule has 0 bridgehead atoms. The molecule has 0 spiro atoms. The topological polar surface area (TPSA) is 102 Å². The van der Waals surface area contributed by atoms with E-state index in [1.54, 1.807) is 6.08 Å². The van der Waals surface area contributed by atoms with Crippen molar-refractivity contribution < 1.29 is 22.8 Å². The van der Waals surface area contributed by atoms with Crippen molar-refractivity contribution >= 4 is 34.8 Å². The number of nitrogens with one attached hydrogen (secondary N) is 1. The summed E-state index contributed by atoms with van der Waals surface area (Å²) in [5, 5.41) is 6.83. The third kappa shape index (κ3) is 4.95. The van der Waals surface area contributed by atoms with Gasteiger partial charge in [0.2, 0.25) is 5.91 Å². The van der Waals surface area contributed by atoms with Gasteiger partial charge in [0, 0.05) is 34.6 Å². The number of hydrogen-bond donors (Lipinski definition) is 2. The van der Waals surface area contributed by atoms with Crippen molar-refractivity contribution in [2.24, 2.45) is 16.6 Å². The number of aliphatic imine (C=N–C) groups is 1. The highest BCUT2D eigenvalue weighted by Crippen LogP contribution is 2.36. The van der Waals surface area contributed by atoms with Crippen LogP contribution in [0.1, 0.15) is 46.6 Å². The van der Waals surface area contributed by atoms with Crippen LogP contribution in [-0.4, -0.2) is 27.3 Å². The molecule has 3 N–H and O–H groups in total. The summed E-state index contributed by atoms with van der Waals surface area (Å²) in [4.78, 5) is 28.8. The number of aromatic nitrogens is 2. The van der Waals surface area contributed by atoms with Crippen molar-refractivity contribution in [1.29, 1.82) is 0 Å². The maximum atomic E-state index is 13.4. The van der Waals surface area contributed by atoms with Gasteiger partial charge < -0.3 is 11.1 Å². The zero-order valence-electron chi connectivity index (χ0n) is 17.5. The van der Waals surface area contributed by atoms with Crippen LogP contribution >= 0.6 is 11.6 Å². The summed E-state index contributed by atoms with van der Waals surface area (Å²) in [5.74, 6) is -1.76. The van der Waals surface area contributed by atoms with E-state index in [-0.39, 0.29) is 29.8 Å². The molecule has 0 fully saturated rings. The predicted octanol–water partition coefficient (Wildman–Crippen LogP) is 4.15. The van der Waals surface area contributed by atoms with E-state index >= 15 is 0 Å². The normalized spacial score (nSPS) is 17.9. The maximum Gasteiger partial charge on any atom is 0.435 e. The Labute approximate surface area is 192 Å². The third-order valence-electron chi connectivity index (χ3n) is 5.73. The minimum absolute atomic E-state index is 0.0695. The van der Waals surface area contributed by atoms with Gasteiger partial charge in [-0.25, -0.2) is 0 Å². The number of fused-ring (bicyclic) bond motifs is 1. The molecule has 0 radical (unpaired) electrons. The summed E-state index contributed by atoms with van der Waals surface area (Å²) in [6.45, 7) is 0.0695. The lowest BCUT2D eigenvalue weighted by molar-refractivity contribution is -0.142. The van der Waals surface area contributed by atoms with E-state index in [0.717, 1.165) is 6.42 Å². The van der Waals surface area contributed by atoms with E-state index in [0.29, 0.717) is 35.7 Å². The van der Waals surface area contributed by atoms with Gasteiger partial charge in [-0.3, -0.25) is 19.3 Å². The second-order valence-electron chi connectivity index (χ2n) is 8.03. The van der Waals surface area contributed by atoms with Crippen molar-refractivity contribution in [3.8, 4) is 0 Å². The molecular weight excluding hydrogens is 459 g/mol. The standard InChI is InChI=1S/C22H21ClF3N5O2/c23-13-5-6-17(16(10-13)20(27)32)29-21(33)12-7-8-28-14(9-12)11-31-18-4-2-1-3-15(18)19(30-31)22(24,25)26/h5-8,10,12H,1-4,9,11H2,(H2,27,32)(H,29,33). The second-order valence-corrected chi connectivity index (χ2v) is 8.46. The van der Waals surface area contributed by atoms with Gasteiger partial charge in [0.05, 0.1) is 23.7 Å². The molecule has 2 amide bonds. The van der Waals surface area contributed by atoms with E-state index in [4.69, 9.17) is 17.3 Å². The van der Waals surface area contributed by atoms with Gasteiger partial charge in [0.1, 0.15) is 0 Å². The SMILES string of the molecule is NC(=O)c1cc(Cl)ccc1NC(=O)C1C=CN=C(Cn2nc(C(F)(F)F)c3c2CCCC3)C1. The van der Waals surface area contributed by atoms with Crippen molar-refractivity contribution in [1.82, 2.24) is 9.78 Å². The molecule has 1 unspecified atom stereocenters. The Bertz CT molecular complexity index is 1170. The van der Waals surface area contributed by atoms with Gasteiger partial charge in [-0.05, 0) is 43.9 Å². The van der Waals surface area contributed by atoms with Crippen LogP contribution in [0.2, 0.25) is 5.02 Å². The van der Waals surface area contributed by atoms with Crippen LogP contribution in [0.25, 0.3) is 0 Å². The van der Waals surface area contributed by atoms with Gasteiger partial charge in [0.15, 0.2) is 5.69 Å². The van der Waals surface area contributed by atoms with E-state index in [9.17, 15) is 22.8 Å². The number of benzene rings is 1. The number of hydrogen-bond acceptors (Lipinski definition) is 4. The van der Waals surface area contributed by atoms with Crippen LogP contribution in [0.15, 0.2) is 35.5 Å². The Hall–Kier alpha value is -3.14. The number of anilines is 1. The minimum atomic E-state index is -4.51. The third-order valence-corrected chi connectivity index (χ3v) is 5.97. The Morgan fingerprint density at radius 3 is 2.73 bits per heavy atom. The van der Waals surface area contributed by atoms with E-state index < -0.39 is 29.6 Å². The van der Waals surface area contributed by atoms with Crippen molar-refractivity contribution in [3.63, 3.8) is 0 Å². The highest BCUT2D eigenvalue weighted by atomic mass is 35.5. The first-order valence-corrected chi connectivity index (χ1v) is 10.8. The first-order chi connectivity index (χ1) is 15.6. The van der Waals surface area contributed by atoms with Crippen LogP contribution in [-0.2, 0) is 30.4 Å². The number of rotatable bonds is 5. The number of nitrogens with two attached hydrogens (primary N) is 1. The summed E-state index contributed by atoms with van der Waals surface area (Å²) in [5.41, 5.74) is 6.21. The fourth-order valence-corrected chi connectivity index (χ4v) is 4.34. The lowest BCUT2D eigenvalue weighted by Gasteiger charge is -2.19. The summed E-state index contributed by atoms with van der Waals surface area (Å²) < 4.78 is 41.7. The highest BCUT2D eigenvalue weighted by molar-refractivity contribution is 6.31. The number of halogens is 4. The monoisotopic (exact) mass is 479 g/mol. The molecule has 7 nitrogen and oxygen atoms in total. The molecule has 1 aliphatic carbocycles. The lowest BCUT2D eigenvalue weighted by atomic mass is 9.95. The van der Waals surface area contributed by atoms with E-state index in [2.05, 4.69) is 15.4 Å². The average Bonchev–Trinajstić information content (AvgIpc) is 3.14. The van der Waals surface area contributed by atoms with Gasteiger partial charge in [-0.2, -0.15) is 18.3 Å². The fourth-order valence-electron chi connectivity index (χ4n) is 4.17. The molecule has 4 rings (SSSR count). The molecule has 1 aromatic carbocycles. The Balaban J connectivity index is 1.50. The summed E-state index contributed by atoms with van der Waals surface area (Å²) >= 11 is 5.90. The Morgan fingerprint density at radius 2 is 2.00 bits per heavy atom. The number of amides is 2. The zero-order chi connectivity index (χ0) is 23.8. The molecular formula is C22H21ClF3N5O2. The Kier molecular flexibility index (Phi) is 6.29. The predicted molar refractivity (Wildman–Crippen MR) is 117 cm³/mol. The number of primary amides is 1. The molecule has 1 atom stereocenters. The number of alkyl halides is 3. The number of carbonyl (C=O) groups is 2. The van der Waals surface area contributed by atoms with Crippen LogP contribution in [0.4, 0.5) is 18.9 Å². The molecule has 2 aliphatic rings. The lowest BCUT2D eigenvalue weighted by Crippen LogP contribution is -2.28. The van der Waals surface area contributed by atoms with Gasteiger partial charge in [0.25, 0.3) is 5.91 Å². The minimum Gasteiger partial charge on any atom is -0.366 e. The van der Waals surface area contributed by atoms with Crippen LogP contribution in [0, 0.1) is 5.92 Å². The molecule has 2 aromatic rings. The first-order valence-electron chi connectivity index (χ1n) is 10.4. The number of carbonyl (C=O) groups excluding carboxylic acids is 2. The molecule has 174 valence electrons. The van der Waals surface area contributed by atoms with Gasteiger partial charge >= 0.3 is 6.18 Å². The molecule has 0 saturated carbocycles. The van der Waals surface area contributed by atoms with Crippen molar-refractivity contribution in [3.05, 3.63) is 58.0 Å². The first kappa shape index (κ1) is 23.0. The second kappa shape index (κ2) is 9.01. The van der Waals surface area contributed by atoms with Crippen LogP contribution in [0.5, 0.6) is 0 Å². The van der Waals surface area contributed by atoms with Crippen molar-refractivity contribution in [2.75, 3.05) is 5.32 Å². The Morgan fingerprint density at radius 1 is 1.24 bits per heavy atom. The van der Waals surface area contributed by atoms with E-state index in [1.807, 2.05) is 0 Å². The zero-order valence-corrected chi connectivity index (χ0v) is 18.2. The molecule has 1 aliphatic heterocycles. The maximum absolute atomic E-state index is 13.4. The van der Waals surface area contributed by atoms with Crippen molar-refractivity contribution in [2.45, 2.75) is 44.8 Å². The molecule has 1 aromatic heterocycles. The average molecular weight is 480 g/mol. The highest BCUT2D eigenvalue weighted by Gasteiger charge is 2.39. The molecule has 2 heterocycles. The smallest absolute Gasteiger partial charge is 0.366 e. The molecule has 11 heteroatoms.